The van der Waals surface area contributed by atoms with Gasteiger partial charge in [0, 0.05) is 0 Å². The molecule has 128 valence electrons. The zero-order chi connectivity index (χ0) is 16.5. The summed E-state index contributed by atoms with van der Waals surface area (Å²) in [4.78, 5) is 0. The van der Waals surface area contributed by atoms with Crippen molar-refractivity contribution in [3.63, 3.8) is 0 Å². The fourth-order valence-corrected chi connectivity index (χ4v) is 6.49. The molecule has 0 unspecified atom stereocenters. The quantitative estimate of drug-likeness (QED) is 0.706. The van der Waals surface area contributed by atoms with E-state index in [1.165, 1.54) is 19.3 Å². The number of rotatable bonds is 3. The van der Waals surface area contributed by atoms with Gasteiger partial charge in [0.25, 0.3) is 0 Å². The fourth-order valence-electron chi connectivity index (χ4n) is 6.49. The van der Waals surface area contributed by atoms with Crippen molar-refractivity contribution in [2.75, 3.05) is 0 Å². The Morgan fingerprint density at radius 1 is 0.520 bits per heavy atom. The van der Waals surface area contributed by atoms with Crippen LogP contribution in [0, 0.1) is 5.92 Å². The first-order valence-electron chi connectivity index (χ1n) is 8.78. The van der Waals surface area contributed by atoms with E-state index in [1.54, 1.807) is 0 Å². The molecular weight excluding hydrogens is 318 g/mol. The minimum absolute atomic E-state index is 0.0253. The normalized spacial score (nSPS) is 39.1. The Hall–Kier alpha value is -2.58. The third kappa shape index (κ3) is 1.68. The van der Waals surface area contributed by atoms with Gasteiger partial charge in [0.15, 0.2) is 0 Å². The molecule has 4 bridgehead atoms. The van der Waals surface area contributed by atoms with Crippen molar-refractivity contribution in [2.24, 2.45) is 5.92 Å². The average Bonchev–Trinajstić information content (AvgIpc) is 3.36. The lowest BCUT2D eigenvalue weighted by molar-refractivity contribution is -0.135. The van der Waals surface area contributed by atoms with Crippen molar-refractivity contribution in [1.82, 2.24) is 44.3 Å². The Morgan fingerprint density at radius 3 is 1.08 bits per heavy atom. The van der Waals surface area contributed by atoms with Gasteiger partial charge in [-0.3, -0.25) is 0 Å². The Morgan fingerprint density at radius 2 is 0.800 bits per heavy atom. The van der Waals surface area contributed by atoms with Crippen LogP contribution in [0.25, 0.3) is 0 Å². The molecule has 0 atom stereocenters. The molecule has 0 amide bonds. The molecule has 0 spiro atoms. The van der Waals surface area contributed by atoms with Crippen LogP contribution in [0.15, 0.2) is 38.0 Å². The summed E-state index contributed by atoms with van der Waals surface area (Å²) < 4.78 is 6.74. The van der Waals surface area contributed by atoms with Crippen LogP contribution in [0.5, 0.6) is 0 Å². The first-order valence-corrected chi connectivity index (χ1v) is 8.78. The lowest BCUT2D eigenvalue weighted by Crippen LogP contribution is -2.66. The molecule has 3 aromatic heterocycles. The van der Waals surface area contributed by atoms with Crippen molar-refractivity contribution in [2.45, 2.75) is 55.1 Å². The predicted molar refractivity (Wildman–Crippen MR) is 85.2 cm³/mol. The van der Waals surface area contributed by atoms with E-state index < -0.39 is 0 Å². The third-order valence-electron chi connectivity index (χ3n) is 6.88. The van der Waals surface area contributed by atoms with Gasteiger partial charge in [-0.25, -0.2) is 0 Å². The summed E-state index contributed by atoms with van der Waals surface area (Å²) in [5, 5.41) is 24.6. The molecule has 25 heavy (non-hydrogen) atoms. The molecule has 9 heteroatoms. The minimum Gasteiger partial charge on any atom is -0.314 e. The van der Waals surface area contributed by atoms with Crippen LogP contribution >= 0.6 is 0 Å². The molecule has 4 saturated carbocycles. The minimum atomic E-state index is 0.0253. The summed E-state index contributed by atoms with van der Waals surface area (Å²) >= 11 is 0. The van der Waals surface area contributed by atoms with Crippen molar-refractivity contribution in [1.29, 1.82) is 0 Å². The monoisotopic (exact) mass is 337 g/mol. The average molecular weight is 337 g/mol. The van der Waals surface area contributed by atoms with E-state index >= 15 is 0 Å². The van der Waals surface area contributed by atoms with Gasteiger partial charge in [-0.15, -0.1) is 30.6 Å². The van der Waals surface area contributed by atoms with Crippen molar-refractivity contribution in [3.8, 4) is 0 Å². The molecular formula is C16H19N9. The number of hydrogen-bond donors (Lipinski definition) is 0. The van der Waals surface area contributed by atoms with Crippen LogP contribution < -0.4 is 0 Å². The second-order valence-corrected chi connectivity index (χ2v) is 8.29. The Labute approximate surface area is 144 Å². The SMILES string of the molecule is c1nncn1C12CC3CC(n4cnnc4)(C1)CC(n1cnnc1)(C3)C2. The van der Waals surface area contributed by atoms with Crippen LogP contribution in [0.1, 0.15) is 38.5 Å². The molecule has 0 aromatic carbocycles. The molecule has 4 aliphatic rings. The number of nitrogens with zero attached hydrogens (tertiary/aromatic N) is 9. The molecule has 0 N–H and O–H groups in total. The Kier molecular flexibility index (Phi) is 2.37. The second kappa shape index (κ2) is 4.33. The number of aromatic nitrogens is 9. The summed E-state index contributed by atoms with van der Waals surface area (Å²) in [7, 11) is 0. The van der Waals surface area contributed by atoms with Gasteiger partial charge >= 0.3 is 0 Å². The standard InChI is InChI=1S/C16H19N9/c1-13-2-15(24-9-19-20-10-24)4-14(1,23-7-17-18-8-23)5-16(3-13,6-15)25-11-21-22-12-25/h7-13H,1-6H2. The molecule has 0 radical (unpaired) electrons. The highest BCUT2D eigenvalue weighted by Crippen LogP contribution is 2.66. The summed E-state index contributed by atoms with van der Waals surface area (Å²) in [5.74, 6) is 0.642. The lowest BCUT2D eigenvalue weighted by Gasteiger charge is -2.66. The second-order valence-electron chi connectivity index (χ2n) is 8.29. The Balaban J connectivity index is 1.57. The topological polar surface area (TPSA) is 92.1 Å². The fraction of sp³-hybridized carbons (Fsp3) is 0.625. The first kappa shape index (κ1) is 13.7. The van der Waals surface area contributed by atoms with Gasteiger partial charge in [-0.2, -0.15) is 0 Å². The maximum atomic E-state index is 4.10. The van der Waals surface area contributed by atoms with E-state index in [9.17, 15) is 0 Å². The van der Waals surface area contributed by atoms with Crippen molar-refractivity contribution < 1.29 is 0 Å². The largest absolute Gasteiger partial charge is 0.314 e. The Bertz CT molecular complexity index is 755. The molecule has 7 rings (SSSR count). The molecule has 4 aliphatic carbocycles. The first-order chi connectivity index (χ1) is 12.2. The van der Waals surface area contributed by atoms with Crippen LogP contribution in [0.4, 0.5) is 0 Å². The highest BCUT2D eigenvalue weighted by Gasteiger charge is 2.65. The van der Waals surface area contributed by atoms with Gasteiger partial charge in [0.05, 0.1) is 16.6 Å². The molecule has 3 aromatic rings. The van der Waals surface area contributed by atoms with Crippen LogP contribution in [-0.4, -0.2) is 44.3 Å². The van der Waals surface area contributed by atoms with Gasteiger partial charge in [-0.05, 0) is 44.4 Å². The highest BCUT2D eigenvalue weighted by molar-refractivity contribution is 5.19. The van der Waals surface area contributed by atoms with E-state index in [2.05, 4.69) is 44.3 Å². The third-order valence-corrected chi connectivity index (χ3v) is 6.88. The predicted octanol–water partition coefficient (Wildman–Crippen LogP) is 0.945. The smallest absolute Gasteiger partial charge is 0.119 e. The lowest BCUT2D eigenvalue weighted by atomic mass is 9.46. The molecule has 9 nitrogen and oxygen atoms in total. The molecule has 4 fully saturated rings. The van der Waals surface area contributed by atoms with Gasteiger partial charge in [-0.1, -0.05) is 0 Å². The summed E-state index contributed by atoms with van der Waals surface area (Å²) in [6.45, 7) is 0. The van der Waals surface area contributed by atoms with Gasteiger partial charge < -0.3 is 13.7 Å². The molecule has 0 aliphatic heterocycles. The van der Waals surface area contributed by atoms with Crippen molar-refractivity contribution >= 4 is 0 Å². The van der Waals surface area contributed by atoms with Gasteiger partial charge in [0.1, 0.15) is 38.0 Å². The maximum Gasteiger partial charge on any atom is 0.119 e. The summed E-state index contributed by atoms with van der Waals surface area (Å²) in [6, 6.07) is 0. The highest BCUT2D eigenvalue weighted by atomic mass is 15.3. The van der Waals surface area contributed by atoms with Crippen molar-refractivity contribution in [3.05, 3.63) is 38.0 Å². The van der Waals surface area contributed by atoms with E-state index in [4.69, 9.17) is 0 Å². The van der Waals surface area contributed by atoms with Crippen LogP contribution in [0.2, 0.25) is 0 Å². The summed E-state index contributed by atoms with van der Waals surface area (Å²) in [5.41, 5.74) is 0.0758. The van der Waals surface area contributed by atoms with E-state index in [-0.39, 0.29) is 16.6 Å². The molecule has 3 heterocycles. The van der Waals surface area contributed by atoms with E-state index in [0.29, 0.717) is 5.92 Å². The van der Waals surface area contributed by atoms with E-state index in [0.717, 1.165) is 19.3 Å². The number of hydrogen-bond acceptors (Lipinski definition) is 6. The molecule has 0 saturated heterocycles. The summed E-state index contributed by atoms with van der Waals surface area (Å²) in [6.07, 6.45) is 18.0. The maximum absolute atomic E-state index is 4.10. The van der Waals surface area contributed by atoms with E-state index in [1.807, 2.05) is 38.0 Å². The van der Waals surface area contributed by atoms with Crippen LogP contribution in [-0.2, 0) is 16.6 Å². The zero-order valence-electron chi connectivity index (χ0n) is 13.8. The zero-order valence-corrected chi connectivity index (χ0v) is 13.8. The van der Waals surface area contributed by atoms with Gasteiger partial charge in [0.2, 0.25) is 0 Å². The van der Waals surface area contributed by atoms with Crippen LogP contribution in [0.3, 0.4) is 0 Å².